The molecule has 1 heterocycles. The molecule has 3 atom stereocenters. The summed E-state index contributed by atoms with van der Waals surface area (Å²) in [4.78, 5) is 12.2. The summed E-state index contributed by atoms with van der Waals surface area (Å²) in [5.74, 6) is 0.915. The van der Waals surface area contributed by atoms with E-state index in [1.54, 1.807) is 0 Å². The maximum absolute atomic E-state index is 12.2. The summed E-state index contributed by atoms with van der Waals surface area (Å²) in [5, 5.41) is 3.30. The Morgan fingerprint density at radius 2 is 1.89 bits per heavy atom. The van der Waals surface area contributed by atoms with Crippen LogP contribution in [0.4, 0.5) is 0 Å². The van der Waals surface area contributed by atoms with E-state index >= 15 is 0 Å². The number of ether oxygens (including phenoxy) is 1. The summed E-state index contributed by atoms with van der Waals surface area (Å²) in [6.07, 6.45) is 5.83. The summed E-state index contributed by atoms with van der Waals surface area (Å²) >= 11 is 0. The van der Waals surface area contributed by atoms with Gasteiger partial charge < -0.3 is 10.1 Å². The zero-order chi connectivity index (χ0) is 13.2. The normalized spacial score (nSPS) is 33.4. The third-order valence-electron chi connectivity index (χ3n) is 4.51. The van der Waals surface area contributed by atoms with Gasteiger partial charge in [-0.3, -0.25) is 4.79 Å². The summed E-state index contributed by atoms with van der Waals surface area (Å²) < 4.78 is 5.30. The second-order valence-electron chi connectivity index (χ2n) is 6.93. The van der Waals surface area contributed by atoms with Crippen molar-refractivity contribution in [3.05, 3.63) is 0 Å². The molecule has 3 heteroatoms. The number of nitrogens with one attached hydrogen (secondary N) is 1. The highest BCUT2D eigenvalue weighted by molar-refractivity contribution is 5.79. The molecule has 2 aliphatic rings. The standard InChI is InChI=1S/C15H27NO2/c1-15(2,3)12-6-4-5-7-13(12)16-14(17)11-8-9-18-10-11/h11-13H,4-10H2,1-3H3,(H,16,17). The number of amides is 1. The maximum atomic E-state index is 12.2. The van der Waals surface area contributed by atoms with Gasteiger partial charge in [-0.1, -0.05) is 33.6 Å². The average molecular weight is 253 g/mol. The van der Waals surface area contributed by atoms with Gasteiger partial charge in [-0.2, -0.15) is 0 Å². The van der Waals surface area contributed by atoms with Crippen molar-refractivity contribution in [3.63, 3.8) is 0 Å². The third kappa shape index (κ3) is 3.25. The summed E-state index contributed by atoms with van der Waals surface area (Å²) in [6, 6.07) is 0.367. The molecule has 1 N–H and O–H groups in total. The Bertz CT molecular complexity index is 289. The van der Waals surface area contributed by atoms with Gasteiger partial charge >= 0.3 is 0 Å². The van der Waals surface area contributed by atoms with E-state index in [-0.39, 0.29) is 17.2 Å². The van der Waals surface area contributed by atoms with Crippen molar-refractivity contribution in [1.29, 1.82) is 0 Å². The zero-order valence-electron chi connectivity index (χ0n) is 12.0. The number of carbonyl (C=O) groups is 1. The molecule has 0 aromatic rings. The van der Waals surface area contributed by atoms with Crippen molar-refractivity contribution in [3.8, 4) is 0 Å². The quantitative estimate of drug-likeness (QED) is 0.821. The molecule has 0 aromatic heterocycles. The molecule has 1 amide bonds. The van der Waals surface area contributed by atoms with Crippen molar-refractivity contribution >= 4 is 5.91 Å². The minimum atomic E-state index is 0.0903. The summed E-state index contributed by atoms with van der Waals surface area (Å²) in [7, 11) is 0. The van der Waals surface area contributed by atoms with E-state index in [2.05, 4.69) is 26.1 Å². The monoisotopic (exact) mass is 253 g/mol. The van der Waals surface area contributed by atoms with Crippen molar-refractivity contribution in [1.82, 2.24) is 5.32 Å². The molecule has 2 rings (SSSR count). The molecule has 0 spiro atoms. The lowest BCUT2D eigenvalue weighted by Crippen LogP contribution is -2.48. The average Bonchev–Trinajstić information content (AvgIpc) is 2.81. The molecule has 1 saturated carbocycles. The molecule has 18 heavy (non-hydrogen) atoms. The van der Waals surface area contributed by atoms with Crippen LogP contribution in [0.1, 0.15) is 52.9 Å². The van der Waals surface area contributed by atoms with Crippen LogP contribution < -0.4 is 5.32 Å². The van der Waals surface area contributed by atoms with Gasteiger partial charge in [-0.05, 0) is 30.6 Å². The third-order valence-corrected chi connectivity index (χ3v) is 4.51. The first kappa shape index (κ1) is 13.9. The fourth-order valence-corrected chi connectivity index (χ4v) is 3.38. The van der Waals surface area contributed by atoms with Crippen molar-refractivity contribution in [2.24, 2.45) is 17.3 Å². The summed E-state index contributed by atoms with van der Waals surface area (Å²) in [5.41, 5.74) is 0.282. The summed E-state index contributed by atoms with van der Waals surface area (Å²) in [6.45, 7) is 8.23. The van der Waals surface area contributed by atoms with E-state index in [1.165, 1.54) is 19.3 Å². The van der Waals surface area contributed by atoms with Crippen molar-refractivity contribution < 1.29 is 9.53 Å². The number of hydrogen-bond acceptors (Lipinski definition) is 2. The predicted molar refractivity (Wildman–Crippen MR) is 72.3 cm³/mol. The molecule has 104 valence electrons. The molecule has 1 saturated heterocycles. The molecule has 1 aliphatic carbocycles. The van der Waals surface area contributed by atoms with Gasteiger partial charge in [0.15, 0.2) is 0 Å². The van der Waals surface area contributed by atoms with Crippen LogP contribution >= 0.6 is 0 Å². The van der Waals surface area contributed by atoms with Crippen LogP contribution in [0, 0.1) is 17.3 Å². The van der Waals surface area contributed by atoms with Gasteiger partial charge in [0.2, 0.25) is 5.91 Å². The van der Waals surface area contributed by atoms with Gasteiger partial charge in [0.05, 0.1) is 12.5 Å². The van der Waals surface area contributed by atoms with Crippen LogP contribution in [-0.4, -0.2) is 25.2 Å². The van der Waals surface area contributed by atoms with E-state index in [4.69, 9.17) is 4.74 Å². The highest BCUT2D eigenvalue weighted by atomic mass is 16.5. The molecule has 2 fully saturated rings. The smallest absolute Gasteiger partial charge is 0.225 e. The molecule has 0 bridgehead atoms. The highest BCUT2D eigenvalue weighted by Crippen LogP contribution is 2.38. The Hall–Kier alpha value is -0.570. The Labute approximate surface area is 111 Å². The van der Waals surface area contributed by atoms with Crippen LogP contribution in [0.3, 0.4) is 0 Å². The van der Waals surface area contributed by atoms with Crippen LogP contribution in [0.5, 0.6) is 0 Å². The molecule has 0 aromatic carbocycles. The van der Waals surface area contributed by atoms with Crippen LogP contribution in [0.15, 0.2) is 0 Å². The molecular weight excluding hydrogens is 226 g/mol. The fraction of sp³-hybridized carbons (Fsp3) is 0.933. The lowest BCUT2D eigenvalue weighted by molar-refractivity contribution is -0.126. The van der Waals surface area contributed by atoms with Crippen LogP contribution in [0.2, 0.25) is 0 Å². The molecule has 1 aliphatic heterocycles. The Morgan fingerprint density at radius 3 is 2.50 bits per heavy atom. The second-order valence-corrected chi connectivity index (χ2v) is 6.93. The number of hydrogen-bond donors (Lipinski definition) is 1. The Morgan fingerprint density at radius 1 is 1.17 bits per heavy atom. The minimum absolute atomic E-state index is 0.0903. The number of rotatable bonds is 2. The molecule has 3 nitrogen and oxygen atoms in total. The van der Waals surface area contributed by atoms with Crippen molar-refractivity contribution in [2.75, 3.05) is 13.2 Å². The van der Waals surface area contributed by atoms with E-state index in [0.29, 0.717) is 18.6 Å². The van der Waals surface area contributed by atoms with E-state index in [1.807, 2.05) is 0 Å². The highest BCUT2D eigenvalue weighted by Gasteiger charge is 2.36. The number of carbonyl (C=O) groups excluding carboxylic acids is 1. The van der Waals surface area contributed by atoms with Crippen LogP contribution in [-0.2, 0) is 9.53 Å². The lowest BCUT2D eigenvalue weighted by atomic mass is 9.69. The lowest BCUT2D eigenvalue weighted by Gasteiger charge is -2.41. The van der Waals surface area contributed by atoms with Gasteiger partial charge in [-0.15, -0.1) is 0 Å². The second kappa shape index (κ2) is 5.60. The molecule has 0 radical (unpaired) electrons. The Kier molecular flexibility index (Phi) is 4.31. The van der Waals surface area contributed by atoms with Gasteiger partial charge in [-0.25, -0.2) is 0 Å². The SMILES string of the molecule is CC(C)(C)C1CCCCC1NC(=O)C1CCOC1. The maximum Gasteiger partial charge on any atom is 0.225 e. The Balaban J connectivity index is 1.94. The van der Waals surface area contributed by atoms with Gasteiger partial charge in [0, 0.05) is 12.6 Å². The topological polar surface area (TPSA) is 38.3 Å². The van der Waals surface area contributed by atoms with E-state index in [0.717, 1.165) is 19.4 Å². The van der Waals surface area contributed by atoms with Gasteiger partial charge in [0.25, 0.3) is 0 Å². The first-order valence-electron chi connectivity index (χ1n) is 7.36. The molecular formula is C15H27NO2. The minimum Gasteiger partial charge on any atom is -0.381 e. The fourth-order valence-electron chi connectivity index (χ4n) is 3.38. The van der Waals surface area contributed by atoms with Crippen molar-refractivity contribution in [2.45, 2.75) is 58.9 Å². The molecule has 3 unspecified atom stereocenters. The van der Waals surface area contributed by atoms with E-state index < -0.39 is 0 Å². The van der Waals surface area contributed by atoms with Gasteiger partial charge in [0.1, 0.15) is 0 Å². The first-order chi connectivity index (χ1) is 8.48. The first-order valence-corrected chi connectivity index (χ1v) is 7.36. The van der Waals surface area contributed by atoms with E-state index in [9.17, 15) is 4.79 Å². The van der Waals surface area contributed by atoms with Crippen LogP contribution in [0.25, 0.3) is 0 Å². The predicted octanol–water partition coefficient (Wildman–Crippen LogP) is 2.74. The zero-order valence-corrected chi connectivity index (χ0v) is 12.0. The largest absolute Gasteiger partial charge is 0.381 e.